The molecule has 0 fully saturated rings. The summed E-state index contributed by atoms with van der Waals surface area (Å²) in [5.74, 6) is -2.67. The maximum absolute atomic E-state index is 14.2. The average Bonchev–Trinajstić information content (AvgIpc) is 2.99. The van der Waals surface area contributed by atoms with Crippen LogP contribution >= 0.6 is 11.3 Å². The molecule has 0 bridgehead atoms. The van der Waals surface area contributed by atoms with Gasteiger partial charge in [0.2, 0.25) is 0 Å². The van der Waals surface area contributed by atoms with Crippen LogP contribution in [0.2, 0.25) is 0 Å². The average molecular weight is 340 g/mol. The Morgan fingerprint density at radius 2 is 2.00 bits per heavy atom. The van der Waals surface area contributed by atoms with E-state index >= 15 is 0 Å². The van der Waals surface area contributed by atoms with Crippen LogP contribution in [-0.4, -0.2) is 31.3 Å². The van der Waals surface area contributed by atoms with Crippen molar-refractivity contribution in [3.63, 3.8) is 0 Å². The molecular weight excluding hydrogens is 319 g/mol. The van der Waals surface area contributed by atoms with Gasteiger partial charge in [-0.1, -0.05) is 6.07 Å². The molecule has 0 spiro atoms. The zero-order valence-corrected chi connectivity index (χ0v) is 13.5. The van der Waals surface area contributed by atoms with Crippen LogP contribution in [0, 0.1) is 0 Å². The number of aromatic nitrogens is 2. The third kappa shape index (κ3) is 6.70. The van der Waals surface area contributed by atoms with Crippen LogP contribution < -0.4 is 0 Å². The fraction of sp³-hybridized carbons (Fsp3) is 0.500. The molecule has 0 aromatic carbocycles. The summed E-state index contributed by atoms with van der Waals surface area (Å²) in [5, 5.41) is 28.5. The van der Waals surface area contributed by atoms with Gasteiger partial charge in [-0.05, 0) is 43.6 Å². The molecule has 2 heterocycles. The number of rotatable bonds is 9. The second-order valence-electron chi connectivity index (χ2n) is 5.50. The van der Waals surface area contributed by atoms with Crippen molar-refractivity contribution in [1.82, 2.24) is 9.97 Å². The smallest absolute Gasteiger partial charge is 0.275 e. The van der Waals surface area contributed by atoms with Crippen LogP contribution in [0.25, 0.3) is 0 Å². The Bertz CT molecular complexity index is 587. The summed E-state index contributed by atoms with van der Waals surface area (Å²) >= 11 is 1.67. The Balaban J connectivity index is 1.80. The van der Waals surface area contributed by atoms with Crippen molar-refractivity contribution in [3.05, 3.63) is 46.2 Å². The topological polar surface area (TPSA) is 86.5 Å². The molecule has 0 saturated carbocycles. The van der Waals surface area contributed by atoms with Gasteiger partial charge in [-0.2, -0.15) is 0 Å². The zero-order valence-electron chi connectivity index (χ0n) is 12.7. The van der Waals surface area contributed by atoms with Gasteiger partial charge >= 0.3 is 0 Å². The van der Waals surface area contributed by atoms with Crippen molar-refractivity contribution < 1.29 is 19.7 Å². The van der Waals surface area contributed by atoms with E-state index in [0.717, 1.165) is 12.8 Å². The summed E-state index contributed by atoms with van der Waals surface area (Å²) in [7, 11) is 0. The van der Waals surface area contributed by atoms with Crippen molar-refractivity contribution >= 4 is 11.3 Å². The molecule has 3 N–H and O–H groups in total. The molecule has 5 nitrogen and oxygen atoms in total. The number of aliphatic hydroxyl groups is 3. The molecule has 0 aliphatic carbocycles. The zero-order chi connectivity index (χ0) is 16.7. The van der Waals surface area contributed by atoms with Crippen LogP contribution in [0.15, 0.2) is 29.9 Å². The third-order valence-corrected chi connectivity index (χ3v) is 4.37. The molecule has 1 atom stereocenters. The van der Waals surface area contributed by atoms with Crippen LogP contribution in [0.5, 0.6) is 0 Å². The fourth-order valence-electron chi connectivity index (χ4n) is 2.26. The molecule has 7 heteroatoms. The van der Waals surface area contributed by atoms with Crippen molar-refractivity contribution in [2.24, 2.45) is 0 Å². The van der Waals surface area contributed by atoms with Gasteiger partial charge in [0, 0.05) is 17.5 Å². The van der Waals surface area contributed by atoms with Crippen LogP contribution in [0.1, 0.15) is 48.1 Å². The van der Waals surface area contributed by atoms with Gasteiger partial charge in [0.1, 0.15) is 6.17 Å². The predicted octanol–water partition coefficient (Wildman–Crippen LogP) is 2.53. The van der Waals surface area contributed by atoms with E-state index in [-0.39, 0.29) is 6.42 Å². The lowest BCUT2D eigenvalue weighted by Gasteiger charge is -2.13. The molecule has 0 amide bonds. The molecule has 0 aliphatic rings. The van der Waals surface area contributed by atoms with Gasteiger partial charge in [-0.15, -0.1) is 11.3 Å². The first-order chi connectivity index (χ1) is 10.9. The molecule has 1 unspecified atom stereocenters. The third-order valence-electron chi connectivity index (χ3n) is 3.43. The number of hydrogen-bond acceptors (Lipinski definition) is 6. The molecule has 126 valence electrons. The van der Waals surface area contributed by atoms with Crippen LogP contribution in [-0.2, 0) is 12.8 Å². The standard InChI is InChI=1S/C16H21FN2O3S/c17-14(7-1-5-13-6-3-9-23-13)15-11-18-10-12(19-15)4-2-8-16(20,21)22/h3,6,9-11,14,20-22H,1-2,4-5,7-8H2. The minimum atomic E-state index is -2.67. The minimum absolute atomic E-state index is 0.196. The van der Waals surface area contributed by atoms with E-state index in [1.165, 1.54) is 17.3 Å². The molecular formula is C16H21FN2O3S. The summed E-state index contributed by atoms with van der Waals surface area (Å²) in [6, 6.07) is 4.03. The maximum Gasteiger partial charge on any atom is 0.275 e. The van der Waals surface area contributed by atoms with Gasteiger partial charge in [0.15, 0.2) is 0 Å². The van der Waals surface area contributed by atoms with Gasteiger partial charge in [0.05, 0.1) is 17.6 Å². The molecule has 0 saturated heterocycles. The Hall–Kier alpha value is -1.41. The SMILES string of the molecule is OC(O)(O)CCCc1cncc(C(F)CCCc2cccs2)n1. The molecule has 23 heavy (non-hydrogen) atoms. The van der Waals surface area contributed by atoms with Crippen LogP contribution in [0.3, 0.4) is 0 Å². The number of alkyl halides is 1. The van der Waals surface area contributed by atoms with Crippen molar-refractivity contribution in [2.45, 2.75) is 50.7 Å². The summed E-state index contributed by atoms with van der Waals surface area (Å²) in [4.78, 5) is 9.47. The molecule has 2 aromatic heterocycles. The Kier molecular flexibility index (Phi) is 6.59. The highest BCUT2D eigenvalue weighted by Gasteiger charge is 2.17. The molecule has 0 aliphatic heterocycles. The van der Waals surface area contributed by atoms with E-state index in [1.807, 2.05) is 17.5 Å². The first-order valence-electron chi connectivity index (χ1n) is 7.58. The van der Waals surface area contributed by atoms with E-state index < -0.39 is 12.1 Å². The van der Waals surface area contributed by atoms with E-state index in [9.17, 15) is 4.39 Å². The maximum atomic E-state index is 14.2. The van der Waals surface area contributed by atoms with Crippen molar-refractivity contribution in [2.75, 3.05) is 0 Å². The highest BCUT2D eigenvalue weighted by Crippen LogP contribution is 2.23. The Morgan fingerprint density at radius 1 is 1.17 bits per heavy atom. The van der Waals surface area contributed by atoms with E-state index in [0.29, 0.717) is 30.7 Å². The lowest BCUT2D eigenvalue weighted by Crippen LogP contribution is -2.26. The van der Waals surface area contributed by atoms with Gasteiger partial charge in [-0.25, -0.2) is 4.39 Å². The Morgan fingerprint density at radius 3 is 2.70 bits per heavy atom. The summed E-state index contributed by atoms with van der Waals surface area (Å²) in [5.41, 5.74) is 0.879. The number of hydrogen-bond donors (Lipinski definition) is 3. The van der Waals surface area contributed by atoms with E-state index in [4.69, 9.17) is 15.3 Å². The number of aryl methyl sites for hydroxylation is 2. The van der Waals surface area contributed by atoms with Crippen LogP contribution in [0.4, 0.5) is 4.39 Å². The number of halogens is 1. The molecule has 2 aromatic rings. The predicted molar refractivity (Wildman–Crippen MR) is 85.5 cm³/mol. The second-order valence-corrected chi connectivity index (χ2v) is 6.53. The highest BCUT2D eigenvalue weighted by atomic mass is 32.1. The quantitative estimate of drug-likeness (QED) is 0.611. The Labute approximate surface area is 138 Å². The van der Waals surface area contributed by atoms with E-state index in [2.05, 4.69) is 9.97 Å². The number of nitrogens with zero attached hydrogens (tertiary/aromatic N) is 2. The van der Waals surface area contributed by atoms with E-state index in [1.54, 1.807) is 11.3 Å². The largest absolute Gasteiger partial charge is 0.344 e. The first kappa shape index (κ1) is 17.9. The summed E-state index contributed by atoms with van der Waals surface area (Å²) in [6.07, 6.45) is 4.30. The first-order valence-corrected chi connectivity index (χ1v) is 8.46. The molecule has 2 rings (SSSR count). The monoisotopic (exact) mass is 340 g/mol. The summed E-state index contributed by atoms with van der Waals surface area (Å²) < 4.78 is 14.2. The van der Waals surface area contributed by atoms with Crippen molar-refractivity contribution in [1.29, 1.82) is 0 Å². The lowest BCUT2D eigenvalue weighted by atomic mass is 10.1. The van der Waals surface area contributed by atoms with Gasteiger partial charge in [0.25, 0.3) is 5.97 Å². The normalized spacial score (nSPS) is 13.2. The summed E-state index contributed by atoms with van der Waals surface area (Å²) in [6.45, 7) is 0. The second kappa shape index (κ2) is 8.44. The minimum Gasteiger partial charge on any atom is -0.344 e. The molecule has 0 radical (unpaired) electrons. The van der Waals surface area contributed by atoms with Crippen molar-refractivity contribution in [3.8, 4) is 0 Å². The number of thiophene rings is 1. The van der Waals surface area contributed by atoms with Gasteiger partial charge in [-0.3, -0.25) is 9.97 Å². The fourth-order valence-corrected chi connectivity index (χ4v) is 3.01. The van der Waals surface area contributed by atoms with Gasteiger partial charge < -0.3 is 15.3 Å². The highest BCUT2D eigenvalue weighted by molar-refractivity contribution is 7.09. The lowest BCUT2D eigenvalue weighted by molar-refractivity contribution is -0.314.